The van der Waals surface area contributed by atoms with Crippen LogP contribution in [0.1, 0.15) is 31.9 Å². The number of nitrogens with one attached hydrogen (secondary N) is 1. The smallest absolute Gasteiger partial charge is 0.123 e. The highest BCUT2D eigenvalue weighted by Gasteiger charge is 2.22. The average molecular weight is 323 g/mol. The van der Waals surface area contributed by atoms with Crippen molar-refractivity contribution in [1.29, 1.82) is 0 Å². The van der Waals surface area contributed by atoms with Gasteiger partial charge in [-0.05, 0) is 30.0 Å². The zero-order chi connectivity index (χ0) is 13.0. The maximum absolute atomic E-state index is 13.0. The third-order valence-corrected chi connectivity index (χ3v) is 3.54. The maximum Gasteiger partial charge on any atom is 0.123 e. The molecule has 1 saturated heterocycles. The summed E-state index contributed by atoms with van der Waals surface area (Å²) >= 11 is 0. The summed E-state index contributed by atoms with van der Waals surface area (Å²) in [5.41, 5.74) is 1.24. The molecule has 1 aromatic rings. The van der Waals surface area contributed by atoms with Crippen LogP contribution in [0.5, 0.6) is 0 Å². The molecule has 0 saturated carbocycles. The van der Waals surface area contributed by atoms with Gasteiger partial charge in [-0.25, -0.2) is 4.39 Å². The summed E-state index contributed by atoms with van der Waals surface area (Å²) in [4.78, 5) is 2.52. The van der Waals surface area contributed by atoms with Gasteiger partial charge in [0.1, 0.15) is 5.82 Å². The van der Waals surface area contributed by atoms with Gasteiger partial charge in [-0.3, -0.25) is 4.90 Å². The Morgan fingerprint density at radius 2 is 1.65 bits per heavy atom. The Bertz CT molecular complexity index is 365. The van der Waals surface area contributed by atoms with Crippen LogP contribution in [0.3, 0.4) is 0 Å². The molecule has 2 nitrogen and oxygen atoms in total. The lowest BCUT2D eigenvalue weighted by atomic mass is 9.95. The zero-order valence-electron chi connectivity index (χ0n) is 12.1. The number of halogens is 3. The molecule has 116 valence electrons. The first-order chi connectivity index (χ1) is 8.66. The van der Waals surface area contributed by atoms with Gasteiger partial charge in [0, 0.05) is 32.2 Å². The summed E-state index contributed by atoms with van der Waals surface area (Å²) in [5, 5.41) is 3.38. The molecule has 20 heavy (non-hydrogen) atoms. The first-order valence-electron chi connectivity index (χ1n) is 6.87. The minimum absolute atomic E-state index is 0. The predicted molar refractivity (Wildman–Crippen MR) is 87.5 cm³/mol. The Morgan fingerprint density at radius 1 is 1.10 bits per heavy atom. The van der Waals surface area contributed by atoms with Gasteiger partial charge in [0.2, 0.25) is 0 Å². The normalized spacial score (nSPS) is 17.2. The van der Waals surface area contributed by atoms with Crippen molar-refractivity contribution in [3.63, 3.8) is 0 Å². The van der Waals surface area contributed by atoms with Crippen LogP contribution in [0.25, 0.3) is 0 Å². The predicted octanol–water partition coefficient (Wildman–Crippen LogP) is 3.66. The van der Waals surface area contributed by atoms with Gasteiger partial charge in [0.25, 0.3) is 0 Å². The van der Waals surface area contributed by atoms with E-state index in [1.807, 2.05) is 12.1 Å². The molecule has 1 aromatic carbocycles. The lowest BCUT2D eigenvalue weighted by molar-refractivity contribution is 0.154. The van der Waals surface area contributed by atoms with Crippen LogP contribution in [0.15, 0.2) is 24.3 Å². The molecule has 1 fully saturated rings. The molecule has 1 aliphatic heterocycles. The molecule has 1 atom stereocenters. The molecule has 5 heteroatoms. The minimum Gasteiger partial charge on any atom is -0.314 e. The molecule has 0 spiro atoms. The van der Waals surface area contributed by atoms with E-state index in [-0.39, 0.29) is 30.6 Å². The fourth-order valence-corrected chi connectivity index (χ4v) is 2.62. The van der Waals surface area contributed by atoms with Crippen molar-refractivity contribution in [3.8, 4) is 0 Å². The highest BCUT2D eigenvalue weighted by molar-refractivity contribution is 5.85. The number of hydrogen-bond acceptors (Lipinski definition) is 2. The Balaban J connectivity index is 0.00000180. The molecule has 0 bridgehead atoms. The van der Waals surface area contributed by atoms with E-state index in [0.29, 0.717) is 12.0 Å². The van der Waals surface area contributed by atoms with Gasteiger partial charge in [-0.15, -0.1) is 24.8 Å². The number of hydrogen-bond donors (Lipinski definition) is 1. The van der Waals surface area contributed by atoms with E-state index in [9.17, 15) is 4.39 Å². The fraction of sp³-hybridized carbons (Fsp3) is 0.600. The first kappa shape index (κ1) is 19.7. The minimum atomic E-state index is -0.151. The van der Waals surface area contributed by atoms with E-state index in [1.54, 1.807) is 12.1 Å². The summed E-state index contributed by atoms with van der Waals surface area (Å²) in [6.45, 7) is 8.76. The van der Waals surface area contributed by atoms with E-state index < -0.39 is 0 Å². The van der Waals surface area contributed by atoms with E-state index in [0.717, 1.165) is 32.6 Å². The van der Waals surface area contributed by atoms with Crippen LogP contribution in [0, 0.1) is 11.7 Å². The highest BCUT2D eigenvalue weighted by Crippen LogP contribution is 2.28. The molecule has 1 heterocycles. The van der Waals surface area contributed by atoms with Crippen molar-refractivity contribution in [1.82, 2.24) is 10.2 Å². The Labute approximate surface area is 133 Å². The first-order valence-corrected chi connectivity index (χ1v) is 6.87. The standard InChI is InChI=1S/C15H23FN2.2ClH/c1-12(2)11-15(18-9-7-17-8-10-18)13-3-5-14(16)6-4-13;;/h3-6,12,15,17H,7-11H2,1-2H3;2*1H/t15-;;/m0../s1. The second-order valence-corrected chi connectivity index (χ2v) is 5.48. The number of piperazine rings is 1. The third kappa shape index (κ3) is 5.57. The summed E-state index contributed by atoms with van der Waals surface area (Å²) < 4.78 is 13.0. The summed E-state index contributed by atoms with van der Waals surface area (Å²) in [6.07, 6.45) is 1.13. The van der Waals surface area contributed by atoms with Gasteiger partial charge in [0.15, 0.2) is 0 Å². The van der Waals surface area contributed by atoms with Crippen LogP contribution < -0.4 is 5.32 Å². The van der Waals surface area contributed by atoms with Crippen LogP contribution in [0.4, 0.5) is 4.39 Å². The molecule has 0 aliphatic carbocycles. The lowest BCUT2D eigenvalue weighted by Crippen LogP contribution is -2.45. The Hall–Kier alpha value is -0.350. The summed E-state index contributed by atoms with van der Waals surface area (Å²) in [5.74, 6) is 0.497. The molecular formula is C15H25Cl2FN2. The zero-order valence-corrected chi connectivity index (χ0v) is 13.8. The van der Waals surface area contributed by atoms with Crippen molar-refractivity contribution in [2.24, 2.45) is 5.92 Å². The van der Waals surface area contributed by atoms with Crippen LogP contribution >= 0.6 is 24.8 Å². The van der Waals surface area contributed by atoms with Gasteiger partial charge < -0.3 is 5.32 Å². The molecule has 0 amide bonds. The summed E-state index contributed by atoms with van der Waals surface area (Å²) in [7, 11) is 0. The van der Waals surface area contributed by atoms with Gasteiger partial charge in [0.05, 0.1) is 0 Å². The molecule has 1 aliphatic rings. The monoisotopic (exact) mass is 322 g/mol. The fourth-order valence-electron chi connectivity index (χ4n) is 2.62. The van der Waals surface area contributed by atoms with Crippen molar-refractivity contribution < 1.29 is 4.39 Å². The second kappa shape index (κ2) is 9.56. The number of nitrogens with zero attached hydrogens (tertiary/aromatic N) is 1. The lowest BCUT2D eigenvalue weighted by Gasteiger charge is -2.36. The Kier molecular flexibility index (Phi) is 9.39. The van der Waals surface area contributed by atoms with Gasteiger partial charge >= 0.3 is 0 Å². The molecule has 0 unspecified atom stereocenters. The summed E-state index contributed by atoms with van der Waals surface area (Å²) in [6, 6.07) is 7.44. The topological polar surface area (TPSA) is 15.3 Å². The van der Waals surface area contributed by atoms with Crippen molar-refractivity contribution in [2.45, 2.75) is 26.3 Å². The third-order valence-electron chi connectivity index (χ3n) is 3.54. The molecule has 1 N–H and O–H groups in total. The molecule has 0 radical (unpaired) electrons. The van der Waals surface area contributed by atoms with Crippen molar-refractivity contribution in [2.75, 3.05) is 26.2 Å². The Morgan fingerprint density at radius 3 is 2.15 bits per heavy atom. The van der Waals surface area contributed by atoms with E-state index >= 15 is 0 Å². The van der Waals surface area contributed by atoms with Crippen molar-refractivity contribution >= 4 is 24.8 Å². The van der Waals surface area contributed by atoms with E-state index in [1.165, 1.54) is 5.56 Å². The quantitative estimate of drug-likeness (QED) is 0.910. The molecule has 0 aromatic heterocycles. The van der Waals surface area contributed by atoms with E-state index in [2.05, 4.69) is 24.1 Å². The number of rotatable bonds is 4. The largest absolute Gasteiger partial charge is 0.314 e. The average Bonchev–Trinajstić information content (AvgIpc) is 2.38. The highest BCUT2D eigenvalue weighted by atomic mass is 35.5. The van der Waals surface area contributed by atoms with E-state index in [4.69, 9.17) is 0 Å². The van der Waals surface area contributed by atoms with Crippen LogP contribution in [0.2, 0.25) is 0 Å². The SMILES string of the molecule is CC(C)C[C@@H](c1ccc(F)cc1)N1CCNCC1.Cl.Cl. The van der Waals surface area contributed by atoms with Gasteiger partial charge in [-0.2, -0.15) is 0 Å². The maximum atomic E-state index is 13.0. The van der Waals surface area contributed by atoms with Crippen LogP contribution in [-0.2, 0) is 0 Å². The number of benzene rings is 1. The van der Waals surface area contributed by atoms with Crippen LogP contribution in [-0.4, -0.2) is 31.1 Å². The molecular weight excluding hydrogens is 298 g/mol. The van der Waals surface area contributed by atoms with Crippen molar-refractivity contribution in [3.05, 3.63) is 35.6 Å². The second-order valence-electron chi connectivity index (χ2n) is 5.48. The van der Waals surface area contributed by atoms with Gasteiger partial charge in [-0.1, -0.05) is 26.0 Å². The molecule has 2 rings (SSSR count).